The van der Waals surface area contributed by atoms with Gasteiger partial charge in [-0.05, 0) is 50.1 Å². The Morgan fingerprint density at radius 3 is 2.76 bits per heavy atom. The molecule has 0 fully saturated rings. The van der Waals surface area contributed by atoms with Crippen LogP contribution in [0, 0.1) is 0 Å². The molecule has 176 valence electrons. The quantitative estimate of drug-likeness (QED) is 0.373. The Morgan fingerprint density at radius 1 is 1.21 bits per heavy atom. The van der Waals surface area contributed by atoms with Gasteiger partial charge < -0.3 is 29.2 Å². The number of hydrogen-bond donors (Lipinski definition) is 3. The summed E-state index contributed by atoms with van der Waals surface area (Å²) in [5.41, 5.74) is 0.796. The fraction of sp³-hybridized carbons (Fsp3) is 0.304. The van der Waals surface area contributed by atoms with Crippen LogP contribution in [0.5, 0.6) is 17.2 Å². The van der Waals surface area contributed by atoms with Crippen LogP contribution in [0.15, 0.2) is 53.0 Å². The molecule has 10 heteroatoms. The van der Waals surface area contributed by atoms with Gasteiger partial charge in [-0.25, -0.2) is 9.59 Å². The standard InChI is InChI=1S/C23H24BrNO8/c1-2-30-19(5-3-4-6-21(27)28)22(16-11-14(24)7-9-17(16)26)33-23(29)25-15-8-10-18-20(12-15)32-13-31-18/h4,6-12,19,22,26H,2-3,5,13H2,1H3,(H,25,29)(H,27,28)/b6-4+/t19-,22-/m0/s1. The van der Waals surface area contributed by atoms with Gasteiger partial charge in [0.05, 0.1) is 6.10 Å². The lowest BCUT2D eigenvalue weighted by atomic mass is 9.99. The molecular formula is C23H24BrNO8. The second kappa shape index (κ2) is 11.6. The van der Waals surface area contributed by atoms with Crippen molar-refractivity contribution in [2.45, 2.75) is 32.0 Å². The monoisotopic (exact) mass is 521 g/mol. The summed E-state index contributed by atoms with van der Waals surface area (Å²) in [6.45, 7) is 2.23. The summed E-state index contributed by atoms with van der Waals surface area (Å²) in [6.07, 6.45) is 0.900. The number of aliphatic carboxylic acids is 1. The highest BCUT2D eigenvalue weighted by Crippen LogP contribution is 2.36. The average molecular weight is 522 g/mol. The number of phenols is 1. The number of hydrogen-bond acceptors (Lipinski definition) is 7. The molecule has 0 unspecified atom stereocenters. The number of nitrogens with one attached hydrogen (secondary N) is 1. The number of anilines is 1. The normalized spacial score (nSPS) is 14.1. The van der Waals surface area contributed by atoms with Crippen molar-refractivity contribution in [1.82, 2.24) is 0 Å². The molecule has 1 heterocycles. The molecule has 9 nitrogen and oxygen atoms in total. The smallest absolute Gasteiger partial charge is 0.412 e. The van der Waals surface area contributed by atoms with Gasteiger partial charge in [-0.2, -0.15) is 0 Å². The van der Waals surface area contributed by atoms with Crippen LogP contribution in [0.1, 0.15) is 31.4 Å². The van der Waals surface area contributed by atoms with E-state index in [0.29, 0.717) is 46.7 Å². The fourth-order valence-corrected chi connectivity index (χ4v) is 3.69. The maximum absolute atomic E-state index is 12.8. The molecule has 0 saturated carbocycles. The first-order valence-electron chi connectivity index (χ1n) is 10.2. The first kappa shape index (κ1) is 24.4. The summed E-state index contributed by atoms with van der Waals surface area (Å²) in [7, 11) is 0. The first-order chi connectivity index (χ1) is 15.9. The summed E-state index contributed by atoms with van der Waals surface area (Å²) in [4.78, 5) is 23.5. The molecule has 1 aliphatic rings. The van der Waals surface area contributed by atoms with Crippen LogP contribution in [-0.4, -0.2) is 41.8 Å². The van der Waals surface area contributed by atoms with Gasteiger partial charge in [-0.15, -0.1) is 0 Å². The minimum Gasteiger partial charge on any atom is -0.508 e. The predicted molar refractivity (Wildman–Crippen MR) is 123 cm³/mol. The van der Waals surface area contributed by atoms with Crippen molar-refractivity contribution in [3.8, 4) is 17.2 Å². The van der Waals surface area contributed by atoms with Crippen LogP contribution in [0.3, 0.4) is 0 Å². The van der Waals surface area contributed by atoms with Crippen molar-refractivity contribution in [3.63, 3.8) is 0 Å². The van der Waals surface area contributed by atoms with Crippen LogP contribution in [0.4, 0.5) is 10.5 Å². The summed E-state index contributed by atoms with van der Waals surface area (Å²) >= 11 is 3.37. The molecule has 2 aromatic carbocycles. The molecule has 0 radical (unpaired) electrons. The van der Waals surface area contributed by atoms with Gasteiger partial charge in [0.15, 0.2) is 17.6 Å². The number of allylic oxidation sites excluding steroid dienone is 1. The van der Waals surface area contributed by atoms with Crippen molar-refractivity contribution in [2.75, 3.05) is 18.7 Å². The Balaban J connectivity index is 1.81. The molecule has 0 bridgehead atoms. The number of aromatic hydroxyl groups is 1. The van der Waals surface area contributed by atoms with Gasteiger partial charge in [0, 0.05) is 34.5 Å². The molecule has 0 aliphatic carbocycles. The van der Waals surface area contributed by atoms with Crippen LogP contribution in [-0.2, 0) is 14.3 Å². The summed E-state index contributed by atoms with van der Waals surface area (Å²) < 4.78 is 22.8. The maximum atomic E-state index is 12.8. The van der Waals surface area contributed by atoms with E-state index in [-0.39, 0.29) is 12.5 Å². The summed E-state index contributed by atoms with van der Waals surface area (Å²) in [5, 5.41) is 21.9. The van der Waals surface area contributed by atoms with Crippen LogP contribution in [0.2, 0.25) is 0 Å². The van der Waals surface area contributed by atoms with Crippen molar-refractivity contribution in [1.29, 1.82) is 0 Å². The number of fused-ring (bicyclic) bond motifs is 1. The zero-order valence-electron chi connectivity index (χ0n) is 17.8. The number of benzene rings is 2. The Labute approximate surface area is 199 Å². The molecule has 3 N–H and O–H groups in total. The van der Waals surface area contributed by atoms with Gasteiger partial charge in [0.1, 0.15) is 5.75 Å². The fourth-order valence-electron chi connectivity index (χ4n) is 3.31. The summed E-state index contributed by atoms with van der Waals surface area (Å²) in [5.74, 6) is -0.0311. The maximum Gasteiger partial charge on any atom is 0.412 e. The molecule has 33 heavy (non-hydrogen) atoms. The molecule has 0 aromatic heterocycles. The molecule has 2 atom stereocenters. The Bertz CT molecular complexity index is 1030. The van der Waals surface area contributed by atoms with Crippen molar-refractivity contribution >= 4 is 33.7 Å². The highest BCUT2D eigenvalue weighted by Gasteiger charge is 2.30. The Kier molecular flexibility index (Phi) is 8.56. The number of carbonyl (C=O) groups excluding carboxylic acids is 1. The van der Waals surface area contributed by atoms with E-state index >= 15 is 0 Å². The minimum absolute atomic E-state index is 0.0649. The second-order valence-corrected chi connectivity index (χ2v) is 7.95. The van der Waals surface area contributed by atoms with Gasteiger partial charge in [0.25, 0.3) is 0 Å². The molecule has 0 saturated heterocycles. The van der Waals surface area contributed by atoms with Gasteiger partial charge >= 0.3 is 12.1 Å². The number of phenolic OH excluding ortho intramolecular Hbond substituents is 1. The number of carboxylic acid groups (broad SMARTS) is 1. The molecule has 2 aromatic rings. The lowest BCUT2D eigenvalue weighted by molar-refractivity contribution is -0.131. The number of carbonyl (C=O) groups is 2. The highest BCUT2D eigenvalue weighted by molar-refractivity contribution is 9.10. The predicted octanol–water partition coefficient (Wildman–Crippen LogP) is 5.00. The third-order valence-electron chi connectivity index (χ3n) is 4.75. The summed E-state index contributed by atoms with van der Waals surface area (Å²) in [6, 6.07) is 9.73. The molecular weight excluding hydrogens is 498 g/mol. The highest BCUT2D eigenvalue weighted by atomic mass is 79.9. The lowest BCUT2D eigenvalue weighted by Gasteiger charge is -2.28. The zero-order valence-corrected chi connectivity index (χ0v) is 19.4. The molecule has 1 aliphatic heterocycles. The van der Waals surface area contributed by atoms with E-state index < -0.39 is 24.3 Å². The minimum atomic E-state index is -1.05. The average Bonchev–Trinajstić information content (AvgIpc) is 3.24. The Hall–Kier alpha value is -3.24. The molecule has 0 spiro atoms. The number of rotatable bonds is 10. The number of amides is 1. The van der Waals surface area contributed by atoms with Gasteiger partial charge in [-0.3, -0.25) is 5.32 Å². The van der Waals surface area contributed by atoms with Gasteiger partial charge in [-0.1, -0.05) is 22.0 Å². The topological polar surface area (TPSA) is 124 Å². The number of carboxylic acids is 1. The number of halogens is 1. The Morgan fingerprint density at radius 2 is 2.00 bits per heavy atom. The van der Waals surface area contributed by atoms with Crippen LogP contribution >= 0.6 is 15.9 Å². The lowest BCUT2D eigenvalue weighted by Crippen LogP contribution is -2.29. The van der Waals surface area contributed by atoms with Gasteiger partial charge in [0.2, 0.25) is 6.79 Å². The van der Waals surface area contributed by atoms with E-state index in [1.54, 1.807) is 37.3 Å². The third kappa shape index (κ3) is 6.87. The van der Waals surface area contributed by atoms with Crippen LogP contribution in [0.25, 0.3) is 0 Å². The largest absolute Gasteiger partial charge is 0.508 e. The van der Waals surface area contributed by atoms with E-state index in [4.69, 9.17) is 24.1 Å². The van der Waals surface area contributed by atoms with Crippen molar-refractivity contribution in [2.24, 2.45) is 0 Å². The third-order valence-corrected chi connectivity index (χ3v) is 5.24. The molecule has 3 rings (SSSR count). The van der Waals surface area contributed by atoms with E-state index in [1.165, 1.54) is 12.1 Å². The SMILES string of the molecule is CCO[C@@H](CC/C=C/C(=O)O)[C@@H](OC(=O)Nc1ccc2c(c1)OCO2)c1cc(Br)ccc1O. The van der Waals surface area contributed by atoms with E-state index in [2.05, 4.69) is 21.2 Å². The first-order valence-corrected chi connectivity index (χ1v) is 11.0. The zero-order chi connectivity index (χ0) is 23.8. The van der Waals surface area contributed by atoms with E-state index in [9.17, 15) is 14.7 Å². The molecule has 1 amide bonds. The van der Waals surface area contributed by atoms with E-state index in [1.807, 2.05) is 0 Å². The second-order valence-electron chi connectivity index (χ2n) is 7.03. The van der Waals surface area contributed by atoms with Crippen LogP contribution < -0.4 is 14.8 Å². The van der Waals surface area contributed by atoms with Crippen molar-refractivity contribution in [3.05, 3.63) is 58.6 Å². The van der Waals surface area contributed by atoms with Crippen molar-refractivity contribution < 1.29 is 38.7 Å². The number of ether oxygens (including phenoxy) is 4. The van der Waals surface area contributed by atoms with E-state index in [0.717, 1.165) is 6.08 Å².